The molecule has 0 saturated carbocycles. The molecule has 0 radical (unpaired) electrons. The number of fused-ring (bicyclic) bond motifs is 1. The summed E-state index contributed by atoms with van der Waals surface area (Å²) >= 11 is 3.03. The summed E-state index contributed by atoms with van der Waals surface area (Å²) in [6.07, 6.45) is 3.08. The quantitative estimate of drug-likeness (QED) is 0.700. The number of aromatic nitrogens is 3. The molecule has 96 valence electrons. The van der Waals surface area contributed by atoms with Gasteiger partial charge in [0.25, 0.3) is 0 Å². The normalized spacial score (nSPS) is 11.1. The summed E-state index contributed by atoms with van der Waals surface area (Å²) in [6.45, 7) is 0. The Hall–Kier alpha value is -2.02. The second-order valence-corrected chi connectivity index (χ2v) is 4.74. The Morgan fingerprint density at radius 2 is 2.00 bits per heavy atom. The van der Waals surface area contributed by atoms with Crippen LogP contribution >= 0.6 is 15.9 Å². The molecule has 7 heteroatoms. The number of halogens is 3. The van der Waals surface area contributed by atoms with Crippen molar-refractivity contribution in [1.82, 2.24) is 14.5 Å². The number of rotatable bonds is 1. The molecule has 19 heavy (non-hydrogen) atoms. The van der Waals surface area contributed by atoms with Gasteiger partial charge in [0.2, 0.25) is 5.95 Å². The number of pyridine rings is 1. The van der Waals surface area contributed by atoms with E-state index in [-0.39, 0.29) is 16.1 Å². The van der Waals surface area contributed by atoms with Crippen molar-refractivity contribution in [2.45, 2.75) is 0 Å². The highest BCUT2D eigenvalue weighted by Gasteiger charge is 2.15. The zero-order chi connectivity index (χ0) is 13.6. The zero-order valence-electron chi connectivity index (χ0n) is 9.44. The molecule has 2 heterocycles. The molecule has 4 nitrogen and oxygen atoms in total. The Morgan fingerprint density at radius 1 is 1.21 bits per heavy atom. The Balaban J connectivity index is 2.36. The Morgan fingerprint density at radius 3 is 2.79 bits per heavy atom. The molecule has 3 rings (SSSR count). The minimum Gasteiger partial charge on any atom is -0.369 e. The van der Waals surface area contributed by atoms with Gasteiger partial charge >= 0.3 is 0 Å². The second kappa shape index (κ2) is 4.27. The first-order chi connectivity index (χ1) is 9.08. The van der Waals surface area contributed by atoms with Gasteiger partial charge in [-0.25, -0.2) is 13.8 Å². The highest BCUT2D eigenvalue weighted by molar-refractivity contribution is 9.10. The van der Waals surface area contributed by atoms with E-state index in [9.17, 15) is 8.78 Å². The summed E-state index contributed by atoms with van der Waals surface area (Å²) in [5, 5.41) is 0. The molecule has 2 N–H and O–H groups in total. The monoisotopic (exact) mass is 324 g/mol. The Bertz CT molecular complexity index is 785. The summed E-state index contributed by atoms with van der Waals surface area (Å²) in [6, 6.07) is 3.78. The third kappa shape index (κ3) is 1.86. The molecule has 1 aromatic carbocycles. The lowest BCUT2D eigenvalue weighted by atomic mass is 10.3. The first kappa shape index (κ1) is 12.0. The fraction of sp³-hybridized carbons (Fsp3) is 0. The predicted octanol–water partition coefficient (Wildman–Crippen LogP) is 3.04. The van der Waals surface area contributed by atoms with E-state index in [1.807, 2.05) is 0 Å². The Labute approximate surface area is 115 Å². The van der Waals surface area contributed by atoms with E-state index in [0.29, 0.717) is 11.0 Å². The lowest BCUT2D eigenvalue weighted by Crippen LogP contribution is -2.03. The van der Waals surface area contributed by atoms with E-state index in [1.165, 1.54) is 16.8 Å². The van der Waals surface area contributed by atoms with Crippen molar-refractivity contribution in [1.29, 1.82) is 0 Å². The third-order valence-corrected chi connectivity index (χ3v) is 3.32. The molecule has 0 atom stereocenters. The number of nitrogens with two attached hydrogens (primary N) is 1. The van der Waals surface area contributed by atoms with Crippen LogP contribution < -0.4 is 5.73 Å². The van der Waals surface area contributed by atoms with Crippen LogP contribution in [0.4, 0.5) is 14.7 Å². The molecule has 0 unspecified atom stereocenters. The van der Waals surface area contributed by atoms with Gasteiger partial charge in [0.15, 0.2) is 0 Å². The van der Waals surface area contributed by atoms with Crippen LogP contribution in [0.25, 0.3) is 16.7 Å². The molecule has 0 aliphatic rings. The molecule has 2 aromatic heterocycles. The smallest absolute Gasteiger partial charge is 0.206 e. The molecule has 0 amide bonds. The first-order valence-electron chi connectivity index (χ1n) is 5.31. The van der Waals surface area contributed by atoms with Gasteiger partial charge in [-0.1, -0.05) is 0 Å². The van der Waals surface area contributed by atoms with Gasteiger partial charge in [0.1, 0.15) is 17.2 Å². The summed E-state index contributed by atoms with van der Waals surface area (Å²) in [4.78, 5) is 8.01. The minimum atomic E-state index is -0.719. The highest BCUT2D eigenvalue weighted by atomic mass is 79.9. The van der Waals surface area contributed by atoms with Crippen molar-refractivity contribution < 1.29 is 8.78 Å². The highest BCUT2D eigenvalue weighted by Crippen LogP contribution is 2.28. The van der Waals surface area contributed by atoms with E-state index in [0.717, 1.165) is 6.07 Å². The van der Waals surface area contributed by atoms with Crippen LogP contribution in [0, 0.1) is 11.6 Å². The van der Waals surface area contributed by atoms with Crippen molar-refractivity contribution >= 4 is 32.9 Å². The second-order valence-electron chi connectivity index (χ2n) is 3.89. The largest absolute Gasteiger partial charge is 0.369 e. The number of hydrogen-bond donors (Lipinski definition) is 1. The lowest BCUT2D eigenvalue weighted by Gasteiger charge is -2.08. The third-order valence-electron chi connectivity index (χ3n) is 2.71. The van der Waals surface area contributed by atoms with Gasteiger partial charge in [0, 0.05) is 12.3 Å². The topological polar surface area (TPSA) is 56.7 Å². The number of anilines is 1. The fourth-order valence-corrected chi connectivity index (χ4v) is 2.22. The van der Waals surface area contributed by atoms with Crippen molar-refractivity contribution in [2.24, 2.45) is 0 Å². The van der Waals surface area contributed by atoms with Gasteiger partial charge < -0.3 is 5.73 Å². The number of nitrogen functional groups attached to an aromatic ring is 1. The molecular weight excluding hydrogens is 318 g/mol. The van der Waals surface area contributed by atoms with Gasteiger partial charge in [-0.05, 0) is 28.1 Å². The molecule has 0 spiro atoms. The summed E-state index contributed by atoms with van der Waals surface area (Å²) < 4.78 is 28.7. The van der Waals surface area contributed by atoms with Crippen LogP contribution in [0.3, 0.4) is 0 Å². The maximum Gasteiger partial charge on any atom is 0.206 e. The molecule has 3 aromatic rings. The number of benzene rings is 1. The molecular formula is C12H7BrF2N4. The Kier molecular flexibility index (Phi) is 2.70. The van der Waals surface area contributed by atoms with Crippen molar-refractivity contribution in [2.75, 3.05) is 5.73 Å². The van der Waals surface area contributed by atoms with Crippen LogP contribution in [0.5, 0.6) is 0 Å². The molecule has 0 aliphatic carbocycles. The number of hydrogen-bond acceptors (Lipinski definition) is 3. The summed E-state index contributed by atoms with van der Waals surface area (Å²) in [5.41, 5.74) is 7.06. The number of imidazole rings is 1. The standard InChI is InChI=1S/C12H7BrF2N4/c13-6-3-11(8(15)4-7(6)14)19-10-1-2-17-5-9(10)18-12(19)16/h1-5H,(H2,16,18). The maximum atomic E-state index is 13.9. The average Bonchev–Trinajstić information content (AvgIpc) is 2.70. The van der Waals surface area contributed by atoms with Gasteiger partial charge in [0.05, 0.1) is 21.9 Å². The van der Waals surface area contributed by atoms with E-state index in [1.54, 1.807) is 12.3 Å². The SMILES string of the molecule is Nc1nc2cnccc2n1-c1cc(Br)c(F)cc1F. The van der Waals surface area contributed by atoms with Crippen LogP contribution in [-0.4, -0.2) is 14.5 Å². The molecule has 0 aliphatic heterocycles. The van der Waals surface area contributed by atoms with Crippen molar-refractivity contribution in [3.8, 4) is 5.69 Å². The van der Waals surface area contributed by atoms with E-state index >= 15 is 0 Å². The van der Waals surface area contributed by atoms with Gasteiger partial charge in [-0.15, -0.1) is 0 Å². The minimum absolute atomic E-state index is 0.111. The van der Waals surface area contributed by atoms with E-state index in [2.05, 4.69) is 25.9 Å². The molecule has 0 bridgehead atoms. The fourth-order valence-electron chi connectivity index (χ4n) is 1.89. The van der Waals surface area contributed by atoms with Crippen LogP contribution in [0.15, 0.2) is 35.1 Å². The first-order valence-corrected chi connectivity index (χ1v) is 6.10. The van der Waals surface area contributed by atoms with Gasteiger partial charge in [-0.2, -0.15) is 0 Å². The zero-order valence-corrected chi connectivity index (χ0v) is 11.0. The lowest BCUT2D eigenvalue weighted by molar-refractivity contribution is 0.574. The molecule has 0 saturated heterocycles. The van der Waals surface area contributed by atoms with Gasteiger partial charge in [-0.3, -0.25) is 9.55 Å². The van der Waals surface area contributed by atoms with Crippen LogP contribution in [0.1, 0.15) is 0 Å². The van der Waals surface area contributed by atoms with Crippen LogP contribution in [-0.2, 0) is 0 Å². The number of nitrogens with zero attached hydrogens (tertiary/aromatic N) is 3. The van der Waals surface area contributed by atoms with E-state index in [4.69, 9.17) is 5.73 Å². The van der Waals surface area contributed by atoms with Crippen molar-refractivity contribution in [3.63, 3.8) is 0 Å². The summed E-state index contributed by atoms with van der Waals surface area (Å²) in [7, 11) is 0. The van der Waals surface area contributed by atoms with Crippen LogP contribution in [0.2, 0.25) is 0 Å². The van der Waals surface area contributed by atoms with Crippen molar-refractivity contribution in [3.05, 3.63) is 46.7 Å². The summed E-state index contributed by atoms with van der Waals surface area (Å²) in [5.74, 6) is -1.28. The van der Waals surface area contributed by atoms with E-state index < -0.39 is 11.6 Å². The average molecular weight is 325 g/mol. The maximum absolute atomic E-state index is 13.9. The molecule has 0 fully saturated rings. The predicted molar refractivity (Wildman–Crippen MR) is 70.9 cm³/mol.